The Balaban J connectivity index is 1.51. The zero-order valence-electron chi connectivity index (χ0n) is 18.0. The molecule has 0 saturated heterocycles. The number of hydrogen-bond donors (Lipinski definition) is 0. The third-order valence-electron chi connectivity index (χ3n) is 5.44. The molecule has 0 amide bonds. The van der Waals surface area contributed by atoms with Crippen molar-refractivity contribution in [3.63, 3.8) is 0 Å². The summed E-state index contributed by atoms with van der Waals surface area (Å²) in [6.07, 6.45) is 0.201. The van der Waals surface area contributed by atoms with Crippen molar-refractivity contribution in [3.05, 3.63) is 88.8 Å². The van der Waals surface area contributed by atoms with E-state index < -0.39 is 0 Å². The molecule has 160 valence electrons. The van der Waals surface area contributed by atoms with E-state index >= 15 is 0 Å². The maximum Gasteiger partial charge on any atom is 0.223 e. The van der Waals surface area contributed by atoms with Gasteiger partial charge < -0.3 is 4.74 Å². The minimum atomic E-state index is -0.382. The molecule has 0 saturated carbocycles. The molecule has 1 heterocycles. The number of rotatable bonds is 7. The molecule has 3 aromatic carbocycles. The molecule has 4 rings (SSSR count). The molecule has 4 heteroatoms. The minimum absolute atomic E-state index is 0.195. The SMILES string of the molecule is CC#C[C@@H](CC(=O)Cl)c1ccc(OCc2ccc3scc(-c4ccccc4C)c3c2)cc1. The van der Waals surface area contributed by atoms with Crippen LogP contribution in [0.15, 0.2) is 72.1 Å². The summed E-state index contributed by atoms with van der Waals surface area (Å²) < 4.78 is 7.31. The molecule has 32 heavy (non-hydrogen) atoms. The van der Waals surface area contributed by atoms with Crippen molar-refractivity contribution in [1.29, 1.82) is 0 Å². The number of fused-ring (bicyclic) bond motifs is 1. The number of ether oxygens (including phenoxy) is 1. The molecule has 0 spiro atoms. The van der Waals surface area contributed by atoms with Crippen molar-refractivity contribution in [2.75, 3.05) is 0 Å². The maximum atomic E-state index is 11.3. The van der Waals surface area contributed by atoms with Gasteiger partial charge in [-0.25, -0.2) is 0 Å². The molecule has 0 bridgehead atoms. The first-order chi connectivity index (χ1) is 15.5. The molecular formula is C28H23ClO2S. The van der Waals surface area contributed by atoms with Crippen LogP contribution in [0.4, 0.5) is 0 Å². The highest BCUT2D eigenvalue weighted by molar-refractivity contribution is 7.17. The molecule has 0 radical (unpaired) electrons. The topological polar surface area (TPSA) is 26.3 Å². The Morgan fingerprint density at radius 1 is 1.06 bits per heavy atom. The Kier molecular flexibility index (Phi) is 6.95. The van der Waals surface area contributed by atoms with Gasteiger partial charge in [-0.15, -0.1) is 17.3 Å². The average molecular weight is 459 g/mol. The van der Waals surface area contributed by atoms with Gasteiger partial charge in [-0.1, -0.05) is 48.4 Å². The smallest absolute Gasteiger partial charge is 0.223 e. The van der Waals surface area contributed by atoms with Crippen LogP contribution in [0.25, 0.3) is 21.2 Å². The molecule has 0 aliphatic rings. The third-order valence-corrected chi connectivity index (χ3v) is 6.56. The summed E-state index contributed by atoms with van der Waals surface area (Å²) in [6, 6.07) is 22.7. The van der Waals surface area contributed by atoms with E-state index in [1.807, 2.05) is 24.3 Å². The number of carbonyl (C=O) groups is 1. The first-order valence-corrected chi connectivity index (χ1v) is 11.7. The van der Waals surface area contributed by atoms with E-state index in [0.29, 0.717) is 6.61 Å². The molecule has 1 aromatic heterocycles. The van der Waals surface area contributed by atoms with Crippen LogP contribution >= 0.6 is 22.9 Å². The Morgan fingerprint density at radius 2 is 1.84 bits per heavy atom. The lowest BCUT2D eigenvalue weighted by Gasteiger charge is -2.11. The minimum Gasteiger partial charge on any atom is -0.489 e. The van der Waals surface area contributed by atoms with Crippen LogP contribution in [0.3, 0.4) is 0 Å². The quantitative estimate of drug-likeness (QED) is 0.209. The zero-order valence-corrected chi connectivity index (χ0v) is 19.6. The molecule has 0 aliphatic carbocycles. The lowest BCUT2D eigenvalue weighted by molar-refractivity contribution is -0.111. The number of carbonyl (C=O) groups excluding carboxylic acids is 1. The molecular weight excluding hydrogens is 436 g/mol. The maximum absolute atomic E-state index is 11.3. The monoisotopic (exact) mass is 458 g/mol. The van der Waals surface area contributed by atoms with Gasteiger partial charge in [-0.3, -0.25) is 4.79 Å². The van der Waals surface area contributed by atoms with E-state index in [-0.39, 0.29) is 17.6 Å². The van der Waals surface area contributed by atoms with Gasteiger partial charge in [0.05, 0.1) is 5.92 Å². The number of thiophene rings is 1. The van der Waals surface area contributed by atoms with Crippen LogP contribution in [-0.2, 0) is 11.4 Å². The summed E-state index contributed by atoms with van der Waals surface area (Å²) in [5.74, 6) is 6.51. The van der Waals surface area contributed by atoms with Crippen LogP contribution in [0.1, 0.15) is 36.0 Å². The van der Waals surface area contributed by atoms with Gasteiger partial charge in [-0.2, -0.15) is 0 Å². The second-order valence-corrected chi connectivity index (χ2v) is 8.99. The fourth-order valence-electron chi connectivity index (χ4n) is 3.80. The number of aryl methyl sites for hydroxylation is 1. The van der Waals surface area contributed by atoms with E-state index in [1.54, 1.807) is 18.3 Å². The van der Waals surface area contributed by atoms with Crippen molar-refractivity contribution >= 4 is 38.3 Å². The molecule has 0 N–H and O–H groups in total. The largest absolute Gasteiger partial charge is 0.489 e. The lowest BCUT2D eigenvalue weighted by Crippen LogP contribution is -2.01. The van der Waals surface area contributed by atoms with Gasteiger partial charge in [0.2, 0.25) is 5.24 Å². The molecule has 0 aliphatic heterocycles. The van der Waals surface area contributed by atoms with Crippen molar-refractivity contribution < 1.29 is 9.53 Å². The highest BCUT2D eigenvalue weighted by Gasteiger charge is 2.13. The van der Waals surface area contributed by atoms with Crippen LogP contribution < -0.4 is 4.74 Å². The first kappa shape index (κ1) is 22.1. The van der Waals surface area contributed by atoms with Gasteiger partial charge >= 0.3 is 0 Å². The zero-order chi connectivity index (χ0) is 22.5. The summed E-state index contributed by atoms with van der Waals surface area (Å²) in [5.41, 5.74) is 5.90. The summed E-state index contributed by atoms with van der Waals surface area (Å²) in [5, 5.41) is 3.11. The van der Waals surface area contributed by atoms with E-state index in [4.69, 9.17) is 16.3 Å². The van der Waals surface area contributed by atoms with Gasteiger partial charge in [0.1, 0.15) is 12.4 Å². The second kappa shape index (κ2) is 10.0. The predicted octanol–water partition coefficient (Wildman–Crippen LogP) is 7.72. The van der Waals surface area contributed by atoms with Crippen molar-refractivity contribution in [2.24, 2.45) is 0 Å². The molecule has 4 aromatic rings. The average Bonchev–Trinajstić information content (AvgIpc) is 3.21. The Morgan fingerprint density at radius 3 is 2.56 bits per heavy atom. The second-order valence-electron chi connectivity index (χ2n) is 7.66. The Bertz CT molecular complexity index is 1310. The van der Waals surface area contributed by atoms with E-state index in [0.717, 1.165) is 16.9 Å². The summed E-state index contributed by atoms with van der Waals surface area (Å²) in [7, 11) is 0. The van der Waals surface area contributed by atoms with Crippen LogP contribution in [0.2, 0.25) is 0 Å². The fraction of sp³-hybridized carbons (Fsp3) is 0.179. The number of halogens is 1. The standard InChI is InChI=1S/C28H23ClO2S/c1-3-6-22(16-28(29)30)21-10-12-23(13-11-21)31-17-20-9-14-27-25(15-20)26(18-32-27)24-8-5-4-7-19(24)2/h4-5,7-15,18,22H,16-17H2,1-2H3/t22-/m0/s1. The molecule has 1 atom stereocenters. The Hall–Kier alpha value is -3.06. The van der Waals surface area contributed by atoms with Crippen molar-refractivity contribution in [3.8, 4) is 28.7 Å². The van der Waals surface area contributed by atoms with E-state index in [9.17, 15) is 4.79 Å². The normalized spacial score (nSPS) is 11.6. The summed E-state index contributed by atoms with van der Waals surface area (Å²) >= 11 is 7.34. The van der Waals surface area contributed by atoms with Crippen LogP contribution in [-0.4, -0.2) is 5.24 Å². The molecule has 2 nitrogen and oxygen atoms in total. The van der Waals surface area contributed by atoms with Gasteiger partial charge in [0, 0.05) is 22.1 Å². The lowest BCUT2D eigenvalue weighted by atomic mass is 9.97. The van der Waals surface area contributed by atoms with Gasteiger partial charge in [-0.05, 0) is 77.3 Å². The first-order valence-electron chi connectivity index (χ1n) is 10.4. The highest BCUT2D eigenvalue weighted by Crippen LogP contribution is 2.36. The summed E-state index contributed by atoms with van der Waals surface area (Å²) in [4.78, 5) is 11.3. The van der Waals surface area contributed by atoms with Crippen molar-refractivity contribution in [1.82, 2.24) is 0 Å². The van der Waals surface area contributed by atoms with Gasteiger partial charge in [0.25, 0.3) is 0 Å². The molecule has 0 fully saturated rings. The number of hydrogen-bond acceptors (Lipinski definition) is 3. The Labute approximate surface area is 197 Å². The highest BCUT2D eigenvalue weighted by atomic mass is 35.5. The number of benzene rings is 3. The van der Waals surface area contributed by atoms with Crippen LogP contribution in [0, 0.1) is 18.8 Å². The third kappa shape index (κ3) is 5.05. The van der Waals surface area contributed by atoms with Crippen molar-refractivity contribution in [2.45, 2.75) is 32.8 Å². The fourth-order valence-corrected chi connectivity index (χ4v) is 4.90. The summed E-state index contributed by atoms with van der Waals surface area (Å²) in [6.45, 7) is 4.39. The molecule has 0 unspecified atom stereocenters. The van der Waals surface area contributed by atoms with Gasteiger partial charge in [0.15, 0.2) is 0 Å². The predicted molar refractivity (Wildman–Crippen MR) is 134 cm³/mol. The van der Waals surface area contributed by atoms with E-state index in [1.165, 1.54) is 26.8 Å². The van der Waals surface area contributed by atoms with E-state index in [2.05, 4.69) is 66.6 Å². The van der Waals surface area contributed by atoms with Crippen LogP contribution in [0.5, 0.6) is 5.75 Å².